The van der Waals surface area contributed by atoms with Crippen molar-refractivity contribution in [3.05, 3.63) is 35.8 Å². The smallest absolute Gasteiger partial charge is 0.150 e. The molecular weight excluding hydrogens is 286 g/mol. The minimum atomic E-state index is 0.366. The molecule has 122 valence electrons. The molecule has 0 saturated heterocycles. The molecule has 0 aliphatic rings. The van der Waals surface area contributed by atoms with Crippen molar-refractivity contribution >= 4 is 17.2 Å². The summed E-state index contributed by atoms with van der Waals surface area (Å²) in [6.45, 7) is 12.1. The molecule has 2 aromatic rings. The van der Waals surface area contributed by atoms with Gasteiger partial charge in [-0.2, -0.15) is 0 Å². The van der Waals surface area contributed by atoms with Crippen molar-refractivity contribution in [2.24, 2.45) is 0 Å². The van der Waals surface area contributed by atoms with Crippen molar-refractivity contribution in [2.75, 3.05) is 18.1 Å². The van der Waals surface area contributed by atoms with Crippen LogP contribution in [0.4, 0.5) is 11.6 Å². The Morgan fingerprint density at radius 2 is 1.96 bits per heavy atom. The third kappa shape index (κ3) is 3.33. The van der Waals surface area contributed by atoms with Crippen molar-refractivity contribution in [3.63, 3.8) is 0 Å². The predicted molar refractivity (Wildman–Crippen MR) is 97.4 cm³/mol. The first kappa shape index (κ1) is 16.9. The Morgan fingerprint density at radius 3 is 2.48 bits per heavy atom. The van der Waals surface area contributed by atoms with Gasteiger partial charge in [-0.05, 0) is 37.0 Å². The van der Waals surface area contributed by atoms with Crippen LogP contribution in [-0.2, 0) is 6.42 Å². The fourth-order valence-electron chi connectivity index (χ4n) is 2.44. The van der Waals surface area contributed by atoms with Crippen LogP contribution < -0.4 is 11.1 Å². The maximum atomic E-state index is 6.01. The van der Waals surface area contributed by atoms with Gasteiger partial charge in [0.1, 0.15) is 17.3 Å². The van der Waals surface area contributed by atoms with Gasteiger partial charge in [-0.25, -0.2) is 15.0 Å². The summed E-state index contributed by atoms with van der Waals surface area (Å²) < 4.78 is 0. The molecule has 23 heavy (non-hydrogen) atoms. The fourth-order valence-corrected chi connectivity index (χ4v) is 2.44. The Balaban J connectivity index is 2.70. The maximum Gasteiger partial charge on any atom is 0.150 e. The second-order valence-electron chi connectivity index (χ2n) is 5.92. The van der Waals surface area contributed by atoms with Crippen LogP contribution in [0.2, 0.25) is 0 Å². The van der Waals surface area contributed by atoms with E-state index in [4.69, 9.17) is 15.7 Å². The first-order chi connectivity index (χ1) is 10.9. The van der Waals surface area contributed by atoms with Gasteiger partial charge in [-0.3, -0.25) is 0 Å². The molecule has 5 heteroatoms. The Hall–Kier alpha value is -2.43. The highest BCUT2D eigenvalue weighted by molar-refractivity contribution is 5.77. The number of aromatic nitrogens is 3. The average Bonchev–Trinajstić information content (AvgIpc) is 2.53. The molecule has 0 atom stereocenters. The summed E-state index contributed by atoms with van der Waals surface area (Å²) in [6, 6.07) is 4.09. The Labute approximate surface area is 138 Å². The van der Waals surface area contributed by atoms with Crippen LogP contribution in [0.25, 0.3) is 16.8 Å². The normalized spacial score (nSPS) is 10.9. The SMILES string of the molecule is C=C(C)c1nc(-c2ccc(C(C)C)nc2NC)c(CC)nc1N. The third-order valence-electron chi connectivity index (χ3n) is 3.73. The molecule has 2 aromatic heterocycles. The van der Waals surface area contributed by atoms with Gasteiger partial charge < -0.3 is 11.1 Å². The van der Waals surface area contributed by atoms with Gasteiger partial charge >= 0.3 is 0 Å². The average molecular weight is 311 g/mol. The van der Waals surface area contributed by atoms with E-state index < -0.39 is 0 Å². The Kier molecular flexibility index (Phi) is 4.98. The molecule has 2 heterocycles. The summed E-state index contributed by atoms with van der Waals surface area (Å²) >= 11 is 0. The number of hydrogen-bond donors (Lipinski definition) is 2. The summed E-state index contributed by atoms with van der Waals surface area (Å²) in [5, 5.41) is 3.17. The van der Waals surface area contributed by atoms with Crippen molar-refractivity contribution in [1.82, 2.24) is 15.0 Å². The standard InChI is InChI=1S/C18H25N5/c1-7-13-16(23-15(11(4)5)17(19)21-13)12-8-9-14(10(2)3)22-18(12)20-6/h8-10H,4,7H2,1-3,5-6H3,(H2,19,21)(H,20,22). The van der Waals surface area contributed by atoms with Crippen molar-refractivity contribution in [2.45, 2.75) is 40.0 Å². The quantitative estimate of drug-likeness (QED) is 0.876. The zero-order valence-electron chi connectivity index (χ0n) is 14.6. The van der Waals surface area contributed by atoms with Gasteiger partial charge in [-0.1, -0.05) is 27.4 Å². The molecule has 2 rings (SSSR count). The van der Waals surface area contributed by atoms with E-state index in [2.05, 4.69) is 36.8 Å². The van der Waals surface area contributed by atoms with Gasteiger partial charge in [0.05, 0.1) is 11.4 Å². The molecule has 0 aliphatic carbocycles. The molecule has 0 bridgehead atoms. The molecule has 0 spiro atoms. The monoisotopic (exact) mass is 311 g/mol. The van der Waals surface area contributed by atoms with Crippen LogP contribution in [0.3, 0.4) is 0 Å². The second kappa shape index (κ2) is 6.77. The molecule has 0 aliphatic heterocycles. The minimum absolute atomic E-state index is 0.366. The summed E-state index contributed by atoms with van der Waals surface area (Å²) in [6.07, 6.45) is 0.748. The Bertz CT molecular complexity index is 734. The van der Waals surface area contributed by atoms with E-state index in [-0.39, 0.29) is 0 Å². The highest BCUT2D eigenvalue weighted by Crippen LogP contribution is 2.31. The van der Waals surface area contributed by atoms with Crippen molar-refractivity contribution < 1.29 is 0 Å². The van der Waals surface area contributed by atoms with Crippen LogP contribution in [0.15, 0.2) is 18.7 Å². The summed E-state index contributed by atoms with van der Waals surface area (Å²) in [5.41, 5.74) is 11.1. The number of anilines is 2. The lowest BCUT2D eigenvalue weighted by Crippen LogP contribution is -2.08. The minimum Gasteiger partial charge on any atom is -0.382 e. The largest absolute Gasteiger partial charge is 0.382 e. The molecule has 0 unspecified atom stereocenters. The summed E-state index contributed by atoms with van der Waals surface area (Å²) in [7, 11) is 1.87. The number of hydrogen-bond acceptors (Lipinski definition) is 5. The summed E-state index contributed by atoms with van der Waals surface area (Å²) in [5.74, 6) is 1.60. The first-order valence-corrected chi connectivity index (χ1v) is 7.90. The molecule has 5 nitrogen and oxygen atoms in total. The second-order valence-corrected chi connectivity index (χ2v) is 5.92. The van der Waals surface area contributed by atoms with Crippen molar-refractivity contribution in [1.29, 1.82) is 0 Å². The maximum absolute atomic E-state index is 6.01. The lowest BCUT2D eigenvalue weighted by Gasteiger charge is -2.15. The highest BCUT2D eigenvalue weighted by atomic mass is 15.0. The van der Waals surface area contributed by atoms with Gasteiger partial charge in [0.25, 0.3) is 0 Å². The molecule has 0 amide bonds. The van der Waals surface area contributed by atoms with E-state index in [9.17, 15) is 0 Å². The van der Waals surface area contributed by atoms with Crippen LogP contribution in [-0.4, -0.2) is 22.0 Å². The lowest BCUT2D eigenvalue weighted by atomic mass is 10.0. The van der Waals surface area contributed by atoms with E-state index in [1.54, 1.807) is 0 Å². The number of rotatable bonds is 5. The summed E-state index contributed by atoms with van der Waals surface area (Å²) in [4.78, 5) is 14.0. The number of aryl methyl sites for hydroxylation is 1. The van der Waals surface area contributed by atoms with E-state index in [0.717, 1.165) is 40.5 Å². The number of nitrogen functional groups attached to an aromatic ring is 1. The van der Waals surface area contributed by atoms with E-state index in [1.165, 1.54) is 0 Å². The topological polar surface area (TPSA) is 76.7 Å². The zero-order chi connectivity index (χ0) is 17.1. The van der Waals surface area contributed by atoms with E-state index in [1.807, 2.05) is 27.0 Å². The molecule has 0 fully saturated rings. The highest BCUT2D eigenvalue weighted by Gasteiger charge is 2.17. The fraction of sp³-hybridized carbons (Fsp3) is 0.389. The Morgan fingerprint density at radius 1 is 1.26 bits per heavy atom. The van der Waals surface area contributed by atoms with Gasteiger partial charge in [0.2, 0.25) is 0 Å². The van der Waals surface area contributed by atoms with Crippen LogP contribution >= 0.6 is 0 Å². The number of pyridine rings is 1. The molecular formula is C18H25N5. The van der Waals surface area contributed by atoms with E-state index >= 15 is 0 Å². The first-order valence-electron chi connectivity index (χ1n) is 7.90. The number of nitrogens with zero attached hydrogens (tertiary/aromatic N) is 3. The zero-order valence-corrected chi connectivity index (χ0v) is 14.6. The lowest BCUT2D eigenvalue weighted by molar-refractivity contribution is 0.824. The number of nitrogens with two attached hydrogens (primary N) is 1. The molecule has 0 saturated carbocycles. The van der Waals surface area contributed by atoms with Gasteiger partial charge in [0.15, 0.2) is 0 Å². The van der Waals surface area contributed by atoms with Gasteiger partial charge in [-0.15, -0.1) is 0 Å². The number of nitrogens with one attached hydrogen (secondary N) is 1. The van der Waals surface area contributed by atoms with Crippen LogP contribution in [0.1, 0.15) is 50.7 Å². The van der Waals surface area contributed by atoms with Crippen LogP contribution in [0, 0.1) is 0 Å². The van der Waals surface area contributed by atoms with Gasteiger partial charge in [0, 0.05) is 18.3 Å². The molecule has 3 N–H and O–H groups in total. The van der Waals surface area contributed by atoms with E-state index in [0.29, 0.717) is 17.4 Å². The predicted octanol–water partition coefficient (Wildman–Crippen LogP) is 3.88. The molecule has 0 radical (unpaired) electrons. The molecule has 0 aromatic carbocycles. The van der Waals surface area contributed by atoms with Crippen molar-refractivity contribution in [3.8, 4) is 11.3 Å². The third-order valence-corrected chi connectivity index (χ3v) is 3.73. The van der Waals surface area contributed by atoms with Crippen LogP contribution in [0.5, 0.6) is 0 Å². The number of allylic oxidation sites excluding steroid dienone is 1.